The Morgan fingerprint density at radius 1 is 1.05 bits per heavy atom. The van der Waals surface area contributed by atoms with Crippen molar-refractivity contribution in [3.63, 3.8) is 0 Å². The van der Waals surface area contributed by atoms with Crippen LogP contribution in [0.3, 0.4) is 0 Å². The molecule has 1 N–H and O–H groups in total. The highest BCUT2D eigenvalue weighted by Crippen LogP contribution is 2.12. The van der Waals surface area contributed by atoms with Gasteiger partial charge < -0.3 is 5.32 Å². The van der Waals surface area contributed by atoms with E-state index in [1.807, 2.05) is 36.4 Å². The fourth-order valence-electron chi connectivity index (χ4n) is 1.95. The van der Waals surface area contributed by atoms with Crippen LogP contribution in [0.5, 0.6) is 0 Å². The van der Waals surface area contributed by atoms with E-state index in [2.05, 4.69) is 40.3 Å². The van der Waals surface area contributed by atoms with Crippen molar-refractivity contribution in [1.29, 1.82) is 0 Å². The number of carbonyl (C=O) groups excluding carboxylic acids is 1. The zero-order valence-corrected chi connectivity index (χ0v) is 12.4. The normalized spacial score (nSPS) is 10.2. The van der Waals surface area contributed by atoms with Gasteiger partial charge in [0, 0.05) is 16.6 Å². The molecule has 0 saturated heterocycles. The third-order valence-corrected chi connectivity index (χ3v) is 3.57. The van der Waals surface area contributed by atoms with Crippen LogP contribution in [0.4, 0.5) is 0 Å². The molecular formula is C16H16BrNO. The molecule has 0 heterocycles. The van der Waals surface area contributed by atoms with E-state index >= 15 is 0 Å². The predicted molar refractivity (Wildman–Crippen MR) is 81.1 cm³/mol. The number of nitrogens with one attached hydrogen (secondary N) is 1. The number of hydrogen-bond acceptors (Lipinski definition) is 1. The smallest absolute Gasteiger partial charge is 0.251 e. The summed E-state index contributed by atoms with van der Waals surface area (Å²) in [7, 11) is 0. The van der Waals surface area contributed by atoms with Crippen LogP contribution in [-0.2, 0) is 13.0 Å². The molecule has 2 nitrogen and oxygen atoms in total. The molecule has 0 spiro atoms. The Hall–Kier alpha value is -1.61. The molecule has 0 radical (unpaired) electrons. The monoisotopic (exact) mass is 317 g/mol. The van der Waals surface area contributed by atoms with Gasteiger partial charge in [-0.2, -0.15) is 0 Å². The third-order valence-electron chi connectivity index (χ3n) is 3.05. The first-order valence-electron chi connectivity index (χ1n) is 6.31. The van der Waals surface area contributed by atoms with Gasteiger partial charge in [-0.15, -0.1) is 0 Å². The summed E-state index contributed by atoms with van der Waals surface area (Å²) in [6.07, 6.45) is 0.977. The first-order chi connectivity index (χ1) is 9.20. The Morgan fingerprint density at radius 3 is 2.32 bits per heavy atom. The Kier molecular flexibility index (Phi) is 4.74. The Bertz CT molecular complexity index is 563. The van der Waals surface area contributed by atoms with Gasteiger partial charge in [0.05, 0.1) is 0 Å². The summed E-state index contributed by atoms with van der Waals surface area (Å²) >= 11 is 3.36. The summed E-state index contributed by atoms with van der Waals surface area (Å²) in [5.74, 6) is -0.0431. The molecule has 98 valence electrons. The first kappa shape index (κ1) is 13.8. The minimum atomic E-state index is -0.0431. The van der Waals surface area contributed by atoms with Gasteiger partial charge in [0.1, 0.15) is 0 Å². The van der Waals surface area contributed by atoms with Gasteiger partial charge in [0.2, 0.25) is 0 Å². The highest BCUT2D eigenvalue weighted by molar-refractivity contribution is 9.10. The SMILES string of the molecule is CCc1ccccc1CNC(=O)c1ccc(Br)cc1. The Balaban J connectivity index is 2.02. The zero-order chi connectivity index (χ0) is 13.7. The third kappa shape index (κ3) is 3.67. The molecule has 0 aliphatic heterocycles. The molecule has 0 bridgehead atoms. The summed E-state index contributed by atoms with van der Waals surface area (Å²) in [6, 6.07) is 15.5. The average Bonchev–Trinajstić information content (AvgIpc) is 2.45. The second-order valence-corrected chi connectivity index (χ2v) is 5.23. The molecule has 0 aliphatic carbocycles. The van der Waals surface area contributed by atoms with E-state index in [0.29, 0.717) is 12.1 Å². The number of rotatable bonds is 4. The molecule has 0 aliphatic rings. The number of halogens is 1. The molecule has 1 amide bonds. The number of carbonyl (C=O) groups is 1. The van der Waals surface area contributed by atoms with Crippen molar-refractivity contribution in [3.8, 4) is 0 Å². The summed E-state index contributed by atoms with van der Waals surface area (Å²) in [5, 5.41) is 2.96. The molecular weight excluding hydrogens is 302 g/mol. The van der Waals surface area contributed by atoms with Crippen molar-refractivity contribution in [2.24, 2.45) is 0 Å². The second kappa shape index (κ2) is 6.53. The van der Waals surface area contributed by atoms with Crippen molar-refractivity contribution >= 4 is 21.8 Å². The topological polar surface area (TPSA) is 29.1 Å². The number of amides is 1. The molecule has 0 aromatic heterocycles. The van der Waals surface area contributed by atoms with Gasteiger partial charge >= 0.3 is 0 Å². The van der Waals surface area contributed by atoms with Crippen LogP contribution in [0.1, 0.15) is 28.4 Å². The Morgan fingerprint density at radius 2 is 1.68 bits per heavy atom. The van der Waals surface area contributed by atoms with Gasteiger partial charge in [0.25, 0.3) is 5.91 Å². The maximum absolute atomic E-state index is 12.0. The molecule has 2 aromatic carbocycles. The van der Waals surface area contributed by atoms with E-state index in [1.54, 1.807) is 0 Å². The van der Waals surface area contributed by atoms with E-state index in [0.717, 1.165) is 10.9 Å². The van der Waals surface area contributed by atoms with Crippen LogP contribution in [0.2, 0.25) is 0 Å². The van der Waals surface area contributed by atoms with E-state index in [4.69, 9.17) is 0 Å². The van der Waals surface area contributed by atoms with Gasteiger partial charge in [-0.3, -0.25) is 4.79 Å². The fraction of sp³-hybridized carbons (Fsp3) is 0.188. The van der Waals surface area contributed by atoms with Crippen molar-refractivity contribution in [3.05, 3.63) is 69.7 Å². The van der Waals surface area contributed by atoms with E-state index in [9.17, 15) is 4.79 Å². The van der Waals surface area contributed by atoms with Crippen LogP contribution in [-0.4, -0.2) is 5.91 Å². The maximum atomic E-state index is 12.0. The molecule has 0 unspecified atom stereocenters. The second-order valence-electron chi connectivity index (χ2n) is 4.31. The molecule has 2 aromatic rings. The lowest BCUT2D eigenvalue weighted by Crippen LogP contribution is -2.23. The Labute approximate surface area is 122 Å². The van der Waals surface area contributed by atoms with Gasteiger partial charge in [0.15, 0.2) is 0 Å². The zero-order valence-electron chi connectivity index (χ0n) is 10.8. The summed E-state index contributed by atoms with van der Waals surface area (Å²) in [6.45, 7) is 2.69. The minimum absolute atomic E-state index is 0.0431. The summed E-state index contributed by atoms with van der Waals surface area (Å²) in [5.41, 5.74) is 3.13. The van der Waals surface area contributed by atoms with Gasteiger partial charge in [-0.1, -0.05) is 47.1 Å². The van der Waals surface area contributed by atoms with Crippen LogP contribution in [0.15, 0.2) is 53.0 Å². The number of benzene rings is 2. The minimum Gasteiger partial charge on any atom is -0.348 e. The lowest BCUT2D eigenvalue weighted by molar-refractivity contribution is 0.0951. The number of aryl methyl sites for hydroxylation is 1. The molecule has 3 heteroatoms. The van der Waals surface area contributed by atoms with Crippen molar-refractivity contribution in [2.45, 2.75) is 19.9 Å². The largest absolute Gasteiger partial charge is 0.348 e. The van der Waals surface area contributed by atoms with Crippen molar-refractivity contribution in [2.75, 3.05) is 0 Å². The summed E-state index contributed by atoms with van der Waals surface area (Å²) in [4.78, 5) is 12.0. The van der Waals surface area contributed by atoms with Crippen LogP contribution < -0.4 is 5.32 Å². The lowest BCUT2D eigenvalue weighted by Gasteiger charge is -2.09. The highest BCUT2D eigenvalue weighted by atomic mass is 79.9. The van der Waals surface area contributed by atoms with Gasteiger partial charge in [-0.05, 0) is 41.8 Å². The summed E-state index contributed by atoms with van der Waals surface area (Å²) < 4.78 is 0.973. The van der Waals surface area contributed by atoms with Crippen LogP contribution in [0, 0.1) is 0 Å². The molecule has 19 heavy (non-hydrogen) atoms. The molecule has 0 atom stereocenters. The first-order valence-corrected chi connectivity index (χ1v) is 7.10. The van der Waals surface area contributed by atoms with Gasteiger partial charge in [-0.25, -0.2) is 0 Å². The van der Waals surface area contributed by atoms with E-state index in [-0.39, 0.29) is 5.91 Å². The van der Waals surface area contributed by atoms with Crippen molar-refractivity contribution < 1.29 is 4.79 Å². The highest BCUT2D eigenvalue weighted by Gasteiger charge is 2.06. The molecule has 0 saturated carbocycles. The van der Waals surface area contributed by atoms with E-state index < -0.39 is 0 Å². The van der Waals surface area contributed by atoms with E-state index in [1.165, 1.54) is 11.1 Å². The lowest BCUT2D eigenvalue weighted by atomic mass is 10.1. The standard InChI is InChI=1S/C16H16BrNO/c1-2-12-5-3-4-6-14(12)11-18-16(19)13-7-9-15(17)10-8-13/h3-10H,2,11H2,1H3,(H,18,19). The fourth-order valence-corrected chi connectivity index (χ4v) is 2.22. The quantitative estimate of drug-likeness (QED) is 0.909. The van der Waals surface area contributed by atoms with Crippen LogP contribution >= 0.6 is 15.9 Å². The predicted octanol–water partition coefficient (Wildman–Crippen LogP) is 3.94. The number of hydrogen-bond donors (Lipinski definition) is 1. The van der Waals surface area contributed by atoms with Crippen molar-refractivity contribution in [1.82, 2.24) is 5.32 Å². The average molecular weight is 318 g/mol. The molecule has 2 rings (SSSR count). The van der Waals surface area contributed by atoms with Crippen LogP contribution in [0.25, 0.3) is 0 Å². The molecule has 0 fully saturated rings. The maximum Gasteiger partial charge on any atom is 0.251 e.